The lowest BCUT2D eigenvalue weighted by molar-refractivity contribution is -0.122. The van der Waals surface area contributed by atoms with E-state index in [4.69, 9.17) is 10.5 Å². The second kappa shape index (κ2) is 6.14. The van der Waals surface area contributed by atoms with Gasteiger partial charge < -0.3 is 10.5 Å². The van der Waals surface area contributed by atoms with E-state index in [2.05, 4.69) is 0 Å². The van der Waals surface area contributed by atoms with Crippen molar-refractivity contribution in [3.8, 4) is 0 Å². The Bertz CT molecular complexity index is 176. The Morgan fingerprint density at radius 2 is 2.07 bits per heavy atom. The van der Waals surface area contributed by atoms with E-state index in [1.54, 1.807) is 7.11 Å². The van der Waals surface area contributed by atoms with Crippen LogP contribution in [0.4, 0.5) is 0 Å². The van der Waals surface area contributed by atoms with Crippen molar-refractivity contribution in [2.75, 3.05) is 13.7 Å². The first-order valence-corrected chi connectivity index (χ1v) is 5.51. The van der Waals surface area contributed by atoms with Gasteiger partial charge in [0.15, 0.2) is 5.78 Å². The smallest absolute Gasteiger partial charge is 0.152 e. The number of carbonyl (C=O) groups is 1. The van der Waals surface area contributed by atoms with Crippen LogP contribution in [0.25, 0.3) is 0 Å². The lowest BCUT2D eigenvalue weighted by Crippen LogP contribution is -2.36. The van der Waals surface area contributed by atoms with E-state index in [0.717, 1.165) is 0 Å². The SMILES string of the molecule is COCC(N)C(=O)CC1CCCCC1. The quantitative estimate of drug-likeness (QED) is 0.730. The second-order valence-electron chi connectivity index (χ2n) is 4.24. The minimum Gasteiger partial charge on any atom is -0.383 e. The number of rotatable bonds is 5. The molecule has 0 aliphatic heterocycles. The predicted molar refractivity (Wildman–Crippen MR) is 56.1 cm³/mol. The second-order valence-corrected chi connectivity index (χ2v) is 4.24. The van der Waals surface area contributed by atoms with Crippen molar-refractivity contribution in [1.29, 1.82) is 0 Å². The Kier molecular flexibility index (Phi) is 5.12. The van der Waals surface area contributed by atoms with E-state index < -0.39 is 6.04 Å². The van der Waals surface area contributed by atoms with Crippen LogP contribution in [0.2, 0.25) is 0 Å². The standard InChI is InChI=1S/C11H21NO2/c1-14-8-10(12)11(13)7-9-5-3-2-4-6-9/h9-10H,2-8,12H2,1H3. The number of Topliss-reactive ketones (excluding diaryl/α,β-unsaturated/α-hetero) is 1. The summed E-state index contributed by atoms with van der Waals surface area (Å²) in [6.45, 7) is 0.353. The molecule has 1 saturated carbocycles. The molecule has 2 N–H and O–H groups in total. The van der Waals surface area contributed by atoms with Crippen molar-refractivity contribution in [3.05, 3.63) is 0 Å². The third-order valence-electron chi connectivity index (χ3n) is 2.97. The lowest BCUT2D eigenvalue weighted by Gasteiger charge is -2.21. The topological polar surface area (TPSA) is 52.3 Å². The summed E-state index contributed by atoms with van der Waals surface area (Å²) in [6, 6.07) is -0.415. The first-order chi connectivity index (χ1) is 6.74. The molecule has 1 unspecified atom stereocenters. The van der Waals surface area contributed by atoms with Crippen LogP contribution in [-0.2, 0) is 9.53 Å². The molecule has 3 nitrogen and oxygen atoms in total. The molecule has 0 spiro atoms. The molecule has 1 atom stereocenters. The first-order valence-electron chi connectivity index (χ1n) is 5.51. The summed E-state index contributed by atoms with van der Waals surface area (Å²) in [5, 5.41) is 0. The monoisotopic (exact) mass is 199 g/mol. The molecule has 0 radical (unpaired) electrons. The Morgan fingerprint density at radius 3 is 2.64 bits per heavy atom. The third kappa shape index (κ3) is 3.76. The molecule has 0 heterocycles. The van der Waals surface area contributed by atoms with Gasteiger partial charge in [0.1, 0.15) is 0 Å². The van der Waals surface area contributed by atoms with Crippen LogP contribution < -0.4 is 5.73 Å². The fourth-order valence-electron chi connectivity index (χ4n) is 2.10. The number of ketones is 1. The maximum absolute atomic E-state index is 11.6. The number of hydrogen-bond donors (Lipinski definition) is 1. The zero-order chi connectivity index (χ0) is 10.4. The molecule has 0 aromatic rings. The van der Waals surface area contributed by atoms with Gasteiger partial charge in [0.2, 0.25) is 0 Å². The van der Waals surface area contributed by atoms with Crippen LogP contribution in [0.15, 0.2) is 0 Å². The van der Waals surface area contributed by atoms with Gasteiger partial charge in [-0.25, -0.2) is 0 Å². The zero-order valence-electron chi connectivity index (χ0n) is 9.00. The summed E-state index contributed by atoms with van der Waals surface area (Å²) in [5.41, 5.74) is 5.67. The van der Waals surface area contributed by atoms with Gasteiger partial charge >= 0.3 is 0 Å². The Hall–Kier alpha value is -0.410. The molecule has 3 heteroatoms. The molecule has 0 bridgehead atoms. The van der Waals surface area contributed by atoms with Gasteiger partial charge in [-0.3, -0.25) is 4.79 Å². The van der Waals surface area contributed by atoms with Crippen LogP contribution in [0.1, 0.15) is 38.5 Å². The molecule has 14 heavy (non-hydrogen) atoms. The van der Waals surface area contributed by atoms with E-state index >= 15 is 0 Å². The zero-order valence-corrected chi connectivity index (χ0v) is 9.00. The molecule has 1 fully saturated rings. The van der Waals surface area contributed by atoms with Gasteiger partial charge in [-0.1, -0.05) is 32.1 Å². The molecule has 0 amide bonds. The van der Waals surface area contributed by atoms with Crippen molar-refractivity contribution < 1.29 is 9.53 Å². The van der Waals surface area contributed by atoms with Crippen molar-refractivity contribution in [2.45, 2.75) is 44.6 Å². The summed E-state index contributed by atoms with van der Waals surface area (Å²) in [7, 11) is 1.58. The molecule has 1 rings (SSSR count). The summed E-state index contributed by atoms with van der Waals surface area (Å²) in [5.74, 6) is 0.748. The molecule has 0 aromatic carbocycles. The number of hydrogen-bond acceptors (Lipinski definition) is 3. The summed E-state index contributed by atoms with van der Waals surface area (Å²) >= 11 is 0. The van der Waals surface area contributed by atoms with Crippen molar-refractivity contribution in [3.63, 3.8) is 0 Å². The van der Waals surface area contributed by atoms with Crippen LogP contribution in [0, 0.1) is 5.92 Å². The van der Waals surface area contributed by atoms with Gasteiger partial charge in [0.25, 0.3) is 0 Å². The van der Waals surface area contributed by atoms with Crippen LogP contribution in [0.3, 0.4) is 0 Å². The molecular weight excluding hydrogens is 178 g/mol. The largest absolute Gasteiger partial charge is 0.383 e. The highest BCUT2D eigenvalue weighted by Gasteiger charge is 2.20. The highest BCUT2D eigenvalue weighted by Crippen LogP contribution is 2.26. The summed E-state index contributed by atoms with van der Waals surface area (Å²) in [6.07, 6.45) is 6.94. The maximum Gasteiger partial charge on any atom is 0.152 e. The maximum atomic E-state index is 11.6. The van der Waals surface area contributed by atoms with Crippen LogP contribution in [-0.4, -0.2) is 25.5 Å². The van der Waals surface area contributed by atoms with Gasteiger partial charge in [-0.05, 0) is 5.92 Å². The van der Waals surface area contributed by atoms with Crippen LogP contribution in [0.5, 0.6) is 0 Å². The van der Waals surface area contributed by atoms with Gasteiger partial charge in [0.05, 0.1) is 12.6 Å². The predicted octanol–water partition coefficient (Wildman–Crippen LogP) is 1.50. The summed E-state index contributed by atoms with van der Waals surface area (Å²) < 4.78 is 4.87. The number of nitrogens with two attached hydrogens (primary N) is 1. The first kappa shape index (κ1) is 11.7. The average molecular weight is 199 g/mol. The molecule has 82 valence electrons. The van der Waals surface area contributed by atoms with Crippen molar-refractivity contribution >= 4 is 5.78 Å². The van der Waals surface area contributed by atoms with E-state index in [-0.39, 0.29) is 5.78 Å². The number of carbonyl (C=O) groups excluding carboxylic acids is 1. The fourth-order valence-corrected chi connectivity index (χ4v) is 2.10. The molecular formula is C11H21NO2. The normalized spacial score (nSPS) is 20.7. The highest BCUT2D eigenvalue weighted by atomic mass is 16.5. The lowest BCUT2D eigenvalue weighted by atomic mass is 9.85. The molecule has 0 aromatic heterocycles. The van der Waals surface area contributed by atoms with Crippen molar-refractivity contribution in [1.82, 2.24) is 0 Å². The molecule has 1 aliphatic rings. The van der Waals surface area contributed by atoms with E-state index in [0.29, 0.717) is 18.9 Å². The minimum atomic E-state index is -0.415. The Morgan fingerprint density at radius 1 is 1.43 bits per heavy atom. The average Bonchev–Trinajstić information content (AvgIpc) is 2.19. The third-order valence-corrected chi connectivity index (χ3v) is 2.97. The Labute approximate surface area is 86.0 Å². The molecule has 1 aliphatic carbocycles. The van der Waals surface area contributed by atoms with Crippen LogP contribution >= 0.6 is 0 Å². The number of ether oxygens (including phenoxy) is 1. The van der Waals surface area contributed by atoms with E-state index in [1.807, 2.05) is 0 Å². The highest BCUT2D eigenvalue weighted by molar-refractivity contribution is 5.84. The van der Waals surface area contributed by atoms with Gasteiger partial charge in [-0.2, -0.15) is 0 Å². The molecule has 0 saturated heterocycles. The van der Waals surface area contributed by atoms with E-state index in [1.165, 1.54) is 32.1 Å². The van der Waals surface area contributed by atoms with Gasteiger partial charge in [0, 0.05) is 13.5 Å². The van der Waals surface area contributed by atoms with Crippen molar-refractivity contribution in [2.24, 2.45) is 11.7 Å². The van der Waals surface area contributed by atoms with E-state index in [9.17, 15) is 4.79 Å². The Balaban J connectivity index is 2.24. The fraction of sp³-hybridized carbons (Fsp3) is 0.909. The number of methoxy groups -OCH3 is 1. The van der Waals surface area contributed by atoms with Gasteiger partial charge in [-0.15, -0.1) is 0 Å². The summed E-state index contributed by atoms with van der Waals surface area (Å²) in [4.78, 5) is 11.6. The minimum absolute atomic E-state index is 0.166.